The molecular formula is C40H49F2N7O8. The highest BCUT2D eigenvalue weighted by atomic mass is 19.1. The van der Waals surface area contributed by atoms with Crippen molar-refractivity contribution in [3.63, 3.8) is 0 Å². The average molecular weight is 794 g/mol. The minimum Gasteiger partial charge on any atom is -0.444 e. The fraction of sp³-hybridized carbons (Fsp3) is 0.475. The van der Waals surface area contributed by atoms with Gasteiger partial charge in [-0.25, -0.2) is 23.4 Å². The Balaban J connectivity index is 1.24. The number of imide groups is 1. The van der Waals surface area contributed by atoms with Crippen LogP contribution in [0, 0.1) is 23.5 Å². The molecule has 4 N–H and O–H groups in total. The highest BCUT2D eigenvalue weighted by molar-refractivity contribution is 6.12. The van der Waals surface area contributed by atoms with Gasteiger partial charge in [0.25, 0.3) is 11.8 Å². The number of rotatable bonds is 17. The van der Waals surface area contributed by atoms with Crippen LogP contribution >= 0.6 is 0 Å². The summed E-state index contributed by atoms with van der Waals surface area (Å²) in [5, 5.41) is 18.8. The van der Waals surface area contributed by atoms with Crippen LogP contribution in [-0.4, -0.2) is 126 Å². The van der Waals surface area contributed by atoms with Crippen molar-refractivity contribution >= 4 is 23.9 Å². The Hall–Kier alpha value is -5.23. The summed E-state index contributed by atoms with van der Waals surface area (Å²) in [6.07, 6.45) is 3.93. The summed E-state index contributed by atoms with van der Waals surface area (Å²) in [6.45, 7) is 3.89. The topological polar surface area (TPSA) is 177 Å². The van der Waals surface area contributed by atoms with Crippen molar-refractivity contribution in [2.75, 3.05) is 65.8 Å². The minimum absolute atomic E-state index is 0.0161. The molecule has 57 heavy (non-hydrogen) atoms. The summed E-state index contributed by atoms with van der Waals surface area (Å²) < 4.78 is 48.7. The average Bonchev–Trinajstić information content (AvgIpc) is 3.92. The maximum Gasteiger partial charge on any atom is 0.407 e. The van der Waals surface area contributed by atoms with E-state index < -0.39 is 53.8 Å². The van der Waals surface area contributed by atoms with Crippen molar-refractivity contribution in [3.05, 3.63) is 89.9 Å². The molecule has 2 aromatic carbocycles. The number of carbonyl (C=O) groups excluding carboxylic acids is 4. The minimum atomic E-state index is -0.692. The zero-order chi connectivity index (χ0) is 40.3. The predicted octanol–water partition coefficient (Wildman–Crippen LogP) is 2.99. The molecule has 4 atom stereocenters. The number of urea groups is 1. The molecule has 3 aromatic rings. The third kappa shape index (κ3) is 10.8. The highest BCUT2D eigenvalue weighted by Crippen LogP contribution is 2.38. The number of benzene rings is 2. The maximum absolute atomic E-state index is 15.3. The zero-order valence-corrected chi connectivity index (χ0v) is 31.8. The SMILES string of the molecule is CC(CO)NC(=O)N(CC1CNCC1OC(=O)NCCOCCN1C(=O)C=CC1=O)C(c1nc(-c2cc(F)ccc2F)cn1Cc1ccccc1)C1CCOCC1. The number of aliphatic hydroxyl groups is 1. The number of alkyl carbamates (subject to hydrolysis) is 1. The summed E-state index contributed by atoms with van der Waals surface area (Å²) >= 11 is 0. The van der Waals surface area contributed by atoms with Gasteiger partial charge < -0.3 is 44.7 Å². The predicted molar refractivity (Wildman–Crippen MR) is 203 cm³/mol. The normalized spacial score (nSPS) is 19.5. The summed E-state index contributed by atoms with van der Waals surface area (Å²) in [5.41, 5.74) is 1.12. The van der Waals surface area contributed by atoms with Crippen LogP contribution in [0.4, 0.5) is 18.4 Å². The van der Waals surface area contributed by atoms with Crippen LogP contribution in [0.25, 0.3) is 11.3 Å². The number of hydrogen-bond acceptors (Lipinski definition) is 10. The quantitative estimate of drug-likeness (QED) is 0.118. The Morgan fingerprint density at radius 3 is 2.56 bits per heavy atom. The van der Waals surface area contributed by atoms with Crippen molar-refractivity contribution in [2.24, 2.45) is 11.8 Å². The van der Waals surface area contributed by atoms with E-state index in [1.165, 1.54) is 12.2 Å². The number of aromatic nitrogens is 2. The number of imidazole rings is 1. The molecule has 0 saturated carbocycles. The molecule has 0 aliphatic carbocycles. The largest absolute Gasteiger partial charge is 0.444 e. The lowest BCUT2D eigenvalue weighted by atomic mass is 9.89. The molecule has 5 amide bonds. The first-order chi connectivity index (χ1) is 27.6. The van der Waals surface area contributed by atoms with E-state index in [9.17, 15) is 28.7 Å². The molecule has 1 aromatic heterocycles. The summed E-state index contributed by atoms with van der Waals surface area (Å²) in [4.78, 5) is 58.5. The molecule has 4 unspecified atom stereocenters. The molecule has 306 valence electrons. The van der Waals surface area contributed by atoms with Crippen molar-refractivity contribution in [1.82, 2.24) is 35.3 Å². The number of halogens is 2. The van der Waals surface area contributed by atoms with Gasteiger partial charge in [0.1, 0.15) is 23.6 Å². The van der Waals surface area contributed by atoms with Gasteiger partial charge in [0, 0.05) is 75.8 Å². The smallest absolute Gasteiger partial charge is 0.407 e. The lowest BCUT2D eigenvalue weighted by Crippen LogP contribution is -2.52. The molecule has 0 bridgehead atoms. The molecule has 2 saturated heterocycles. The molecule has 0 radical (unpaired) electrons. The van der Waals surface area contributed by atoms with Crippen LogP contribution in [0.5, 0.6) is 0 Å². The molecule has 15 nitrogen and oxygen atoms in total. The zero-order valence-electron chi connectivity index (χ0n) is 31.8. The van der Waals surface area contributed by atoms with E-state index in [4.69, 9.17) is 19.2 Å². The Morgan fingerprint density at radius 2 is 1.82 bits per heavy atom. The van der Waals surface area contributed by atoms with Gasteiger partial charge in [-0.05, 0) is 49.4 Å². The molecule has 4 heterocycles. The van der Waals surface area contributed by atoms with Gasteiger partial charge in [0.15, 0.2) is 0 Å². The number of nitrogens with one attached hydrogen (secondary N) is 3. The molecular weight excluding hydrogens is 744 g/mol. The standard InChI is InChI=1S/C40H49F2N7O8/c1-26(25-50)45-39(53)49(23-29-20-43-21-34(29)57-40(54)44-13-17-56-18-14-48-35(51)9-10-36(48)52)37(28-11-15-55-16-12-28)38-46-33(31-19-30(41)7-8-32(31)42)24-47(38)22-27-5-3-2-4-6-27/h2-10,19,24,26,28-29,34,37,43,50H,11-18,20-23,25H2,1H3,(H,44,54)(H,45,53). The number of amides is 5. The van der Waals surface area contributed by atoms with Crippen molar-refractivity contribution in [3.8, 4) is 11.3 Å². The fourth-order valence-electron chi connectivity index (χ4n) is 7.29. The first kappa shape index (κ1) is 41.4. The highest BCUT2D eigenvalue weighted by Gasteiger charge is 2.41. The van der Waals surface area contributed by atoms with Gasteiger partial charge in [0.05, 0.1) is 44.1 Å². The second-order valence-electron chi connectivity index (χ2n) is 14.4. The Morgan fingerprint density at radius 1 is 1.07 bits per heavy atom. The number of ether oxygens (including phenoxy) is 3. The van der Waals surface area contributed by atoms with Gasteiger partial charge in [-0.15, -0.1) is 0 Å². The lowest BCUT2D eigenvalue weighted by molar-refractivity contribution is -0.137. The van der Waals surface area contributed by atoms with E-state index in [0.29, 0.717) is 51.5 Å². The third-order valence-electron chi connectivity index (χ3n) is 10.3. The van der Waals surface area contributed by atoms with Crippen molar-refractivity contribution in [2.45, 2.75) is 44.5 Å². The van der Waals surface area contributed by atoms with Crippen molar-refractivity contribution < 1.29 is 47.3 Å². The van der Waals surface area contributed by atoms with Crippen molar-refractivity contribution in [1.29, 1.82) is 0 Å². The number of aliphatic hydroxyl groups excluding tert-OH is 1. The summed E-state index contributed by atoms with van der Waals surface area (Å²) in [6, 6.07) is 11.1. The van der Waals surface area contributed by atoms with Gasteiger partial charge >= 0.3 is 12.1 Å². The monoisotopic (exact) mass is 793 g/mol. The van der Waals surface area contributed by atoms with E-state index in [2.05, 4.69) is 16.0 Å². The molecule has 0 spiro atoms. The molecule has 3 aliphatic rings. The summed E-state index contributed by atoms with van der Waals surface area (Å²) in [5.74, 6) is -2.12. The van der Waals surface area contributed by atoms with Crippen LogP contribution in [-0.2, 0) is 30.3 Å². The van der Waals surface area contributed by atoms with Crippen LogP contribution in [0.2, 0.25) is 0 Å². The number of carbonyl (C=O) groups is 4. The Kier molecular flexibility index (Phi) is 14.4. The van der Waals surface area contributed by atoms with E-state index in [1.54, 1.807) is 18.0 Å². The first-order valence-corrected chi connectivity index (χ1v) is 19.2. The maximum atomic E-state index is 15.3. The van der Waals surface area contributed by atoms with E-state index >= 15 is 4.39 Å². The van der Waals surface area contributed by atoms with E-state index in [1.807, 2.05) is 34.9 Å². The Bertz CT molecular complexity index is 1870. The fourth-order valence-corrected chi connectivity index (χ4v) is 7.29. The van der Waals surface area contributed by atoms with Gasteiger partial charge in [-0.1, -0.05) is 30.3 Å². The van der Waals surface area contributed by atoms with Gasteiger partial charge in [0.2, 0.25) is 0 Å². The number of hydrogen-bond donors (Lipinski definition) is 4. The van der Waals surface area contributed by atoms with Crippen LogP contribution in [0.3, 0.4) is 0 Å². The van der Waals surface area contributed by atoms with Gasteiger partial charge in [-0.2, -0.15) is 0 Å². The molecule has 6 rings (SSSR count). The lowest BCUT2D eigenvalue weighted by Gasteiger charge is -2.40. The Labute approximate surface area is 329 Å². The number of nitrogens with zero attached hydrogens (tertiary/aromatic N) is 4. The van der Waals surface area contributed by atoms with E-state index in [0.717, 1.165) is 28.7 Å². The first-order valence-electron chi connectivity index (χ1n) is 19.2. The molecule has 17 heteroatoms. The molecule has 2 fully saturated rings. The molecule has 3 aliphatic heterocycles. The van der Waals surface area contributed by atoms with E-state index in [-0.39, 0.29) is 62.5 Å². The van der Waals surface area contributed by atoms with Crippen LogP contribution in [0.15, 0.2) is 66.9 Å². The van der Waals surface area contributed by atoms with Crippen LogP contribution in [0.1, 0.15) is 37.2 Å². The van der Waals surface area contributed by atoms with Gasteiger partial charge in [-0.3, -0.25) is 14.5 Å². The van der Waals surface area contributed by atoms with Crippen LogP contribution < -0.4 is 16.0 Å². The third-order valence-corrected chi connectivity index (χ3v) is 10.3. The second-order valence-corrected chi connectivity index (χ2v) is 14.4. The summed E-state index contributed by atoms with van der Waals surface area (Å²) in [7, 11) is 0. The second kappa shape index (κ2) is 19.8.